The highest BCUT2D eigenvalue weighted by atomic mass is 16.7. The van der Waals surface area contributed by atoms with E-state index in [-0.39, 0.29) is 71.4 Å². The van der Waals surface area contributed by atoms with Crippen molar-refractivity contribution >= 4 is 17.9 Å². The highest BCUT2D eigenvalue weighted by molar-refractivity contribution is 5.72. The molecule has 0 amide bonds. The lowest BCUT2D eigenvalue weighted by atomic mass is 9.44. The first kappa shape index (κ1) is 37.3. The molecule has 0 spiro atoms. The van der Waals surface area contributed by atoms with E-state index in [1.54, 1.807) is 0 Å². The molecular weight excluding hydrogens is 608 g/mol. The summed E-state index contributed by atoms with van der Waals surface area (Å²) in [5.74, 6) is 0.849. The van der Waals surface area contributed by atoms with Crippen LogP contribution in [0.1, 0.15) is 140 Å². The third-order valence-corrected chi connectivity index (χ3v) is 13.1. The van der Waals surface area contributed by atoms with Gasteiger partial charge in [0.1, 0.15) is 17.8 Å². The van der Waals surface area contributed by atoms with Gasteiger partial charge in [-0.3, -0.25) is 14.4 Å². The van der Waals surface area contributed by atoms with Gasteiger partial charge in [-0.1, -0.05) is 39.8 Å². The van der Waals surface area contributed by atoms with Gasteiger partial charge in [-0.2, -0.15) is 0 Å². The largest absolute Gasteiger partial charge is 0.463 e. The van der Waals surface area contributed by atoms with Crippen LogP contribution in [0, 0.1) is 46.3 Å². The van der Waals surface area contributed by atoms with Crippen LogP contribution in [0.2, 0.25) is 0 Å². The zero-order valence-corrected chi connectivity index (χ0v) is 31.5. The molecule has 0 aromatic heterocycles. The predicted octanol–water partition coefficient (Wildman–Crippen LogP) is 8.34. The van der Waals surface area contributed by atoms with E-state index in [1.165, 1.54) is 19.8 Å². The van der Waals surface area contributed by atoms with Crippen molar-refractivity contribution in [1.29, 1.82) is 0 Å². The molecule has 48 heavy (non-hydrogen) atoms. The van der Waals surface area contributed by atoms with Gasteiger partial charge < -0.3 is 23.7 Å². The maximum absolute atomic E-state index is 13.5. The first-order chi connectivity index (χ1) is 22.3. The second kappa shape index (κ2) is 14.0. The minimum absolute atomic E-state index is 0.0205. The standard InChI is InChI=1S/C40H64O8/c1-11-24(2)36(43)45-34-23-33-31(16-13-27-20-28(44-25(3)41)18-19-39(27,33)9)32-17-14-26(40(32,34)10)12-15-29-21-30(47-38(7,8)46-29)22-35(42)48-37(4,5)6/h12,15,24,26-34H,11,13-14,16-23H2,1-10H3/b15-12+/t24-,26?,27+,28+,29-,30-,31-,32-,33-,34-,39-,40+/m0/s1. The van der Waals surface area contributed by atoms with Gasteiger partial charge in [0.15, 0.2) is 5.79 Å². The molecular formula is C40H64O8. The summed E-state index contributed by atoms with van der Waals surface area (Å²) in [6.45, 7) is 19.9. The molecule has 0 radical (unpaired) electrons. The number of rotatable bonds is 8. The van der Waals surface area contributed by atoms with Gasteiger partial charge in [-0.25, -0.2) is 0 Å². The van der Waals surface area contributed by atoms with Gasteiger partial charge in [0.2, 0.25) is 0 Å². The van der Waals surface area contributed by atoms with Crippen molar-refractivity contribution in [3.8, 4) is 0 Å². The fourth-order valence-electron chi connectivity index (χ4n) is 10.7. The van der Waals surface area contributed by atoms with Crippen LogP contribution in [0.15, 0.2) is 12.2 Å². The average Bonchev–Trinajstić information content (AvgIpc) is 3.31. The SMILES string of the molecule is CC[C@H](C)C(=O)O[C@H]1C[C@H]2[C@@H](CC[C@@H]3C[C@H](OC(C)=O)CC[C@@]32C)[C@@H]2CCC(/C=C/[C@H]3C[C@@H](CC(=O)OC(C)(C)C)OC(C)(C)O3)[C@@]12C. The number of hydrogen-bond donors (Lipinski definition) is 0. The Hall–Kier alpha value is -1.93. The van der Waals surface area contributed by atoms with E-state index in [0.717, 1.165) is 44.9 Å². The maximum Gasteiger partial charge on any atom is 0.308 e. The minimum atomic E-state index is -0.822. The van der Waals surface area contributed by atoms with Gasteiger partial charge in [0.05, 0.1) is 24.5 Å². The molecule has 5 fully saturated rings. The van der Waals surface area contributed by atoms with Crippen molar-refractivity contribution in [2.24, 2.45) is 46.3 Å². The van der Waals surface area contributed by atoms with Crippen LogP contribution < -0.4 is 0 Å². The summed E-state index contributed by atoms with van der Waals surface area (Å²) in [5, 5.41) is 0. The lowest BCUT2D eigenvalue weighted by Gasteiger charge is -2.62. The summed E-state index contributed by atoms with van der Waals surface area (Å²) in [5.41, 5.74) is -0.560. The molecule has 5 aliphatic rings. The summed E-state index contributed by atoms with van der Waals surface area (Å²) in [6.07, 6.45) is 13.8. The van der Waals surface area contributed by atoms with E-state index in [0.29, 0.717) is 30.1 Å². The Labute approximate surface area is 289 Å². The summed E-state index contributed by atoms with van der Waals surface area (Å²) in [7, 11) is 0. The van der Waals surface area contributed by atoms with Crippen molar-refractivity contribution in [1.82, 2.24) is 0 Å². The number of ether oxygens (including phenoxy) is 5. The van der Waals surface area contributed by atoms with E-state index < -0.39 is 11.4 Å². The van der Waals surface area contributed by atoms with Crippen LogP contribution >= 0.6 is 0 Å². The molecule has 0 N–H and O–H groups in total. The van der Waals surface area contributed by atoms with Gasteiger partial charge in [-0.15, -0.1) is 0 Å². The summed E-state index contributed by atoms with van der Waals surface area (Å²) in [4.78, 5) is 37.9. The molecule has 272 valence electrons. The maximum atomic E-state index is 13.5. The van der Waals surface area contributed by atoms with Crippen LogP contribution in [0.5, 0.6) is 0 Å². The number of carbonyl (C=O) groups excluding carboxylic acids is 3. The first-order valence-electron chi connectivity index (χ1n) is 19.0. The second-order valence-corrected chi connectivity index (χ2v) is 17.9. The molecule has 4 aliphatic carbocycles. The molecule has 5 rings (SSSR count). The van der Waals surface area contributed by atoms with E-state index >= 15 is 0 Å². The highest BCUT2D eigenvalue weighted by Crippen LogP contribution is 2.68. The van der Waals surface area contributed by atoms with Crippen LogP contribution in [0.3, 0.4) is 0 Å². The molecule has 1 unspecified atom stereocenters. The molecule has 1 saturated heterocycles. The van der Waals surface area contributed by atoms with Gasteiger partial charge in [-0.05, 0) is 127 Å². The van der Waals surface area contributed by atoms with Crippen molar-refractivity contribution in [2.75, 3.05) is 0 Å². The van der Waals surface area contributed by atoms with Crippen molar-refractivity contribution in [3.63, 3.8) is 0 Å². The Morgan fingerprint density at radius 3 is 2.29 bits per heavy atom. The van der Waals surface area contributed by atoms with Crippen LogP contribution in [0.25, 0.3) is 0 Å². The average molecular weight is 673 g/mol. The normalized spacial score (nSPS) is 41.4. The van der Waals surface area contributed by atoms with Crippen LogP contribution in [-0.2, 0) is 38.1 Å². The molecule has 0 aromatic carbocycles. The van der Waals surface area contributed by atoms with E-state index in [4.69, 9.17) is 23.7 Å². The smallest absolute Gasteiger partial charge is 0.308 e. The van der Waals surface area contributed by atoms with Gasteiger partial charge >= 0.3 is 17.9 Å². The monoisotopic (exact) mass is 672 g/mol. The fourth-order valence-corrected chi connectivity index (χ4v) is 10.7. The molecule has 1 aliphatic heterocycles. The molecule has 8 nitrogen and oxygen atoms in total. The number of hydrogen-bond acceptors (Lipinski definition) is 8. The number of fused-ring (bicyclic) bond motifs is 5. The molecule has 12 atom stereocenters. The number of allylic oxidation sites excluding steroid dienone is 1. The molecule has 0 aromatic rings. The Kier molecular flexibility index (Phi) is 10.9. The first-order valence-corrected chi connectivity index (χ1v) is 19.0. The molecule has 8 heteroatoms. The zero-order valence-electron chi connectivity index (χ0n) is 31.5. The zero-order chi connectivity index (χ0) is 35.2. The lowest BCUT2D eigenvalue weighted by Crippen LogP contribution is -2.59. The summed E-state index contributed by atoms with van der Waals surface area (Å²) >= 11 is 0. The number of carbonyl (C=O) groups is 3. The lowest BCUT2D eigenvalue weighted by molar-refractivity contribution is -0.290. The minimum Gasteiger partial charge on any atom is -0.463 e. The van der Waals surface area contributed by atoms with E-state index in [2.05, 4.69) is 26.0 Å². The quantitative estimate of drug-likeness (QED) is 0.144. The summed E-state index contributed by atoms with van der Waals surface area (Å²) < 4.78 is 30.4. The highest BCUT2D eigenvalue weighted by Gasteiger charge is 2.64. The Morgan fingerprint density at radius 1 is 0.896 bits per heavy atom. The topological polar surface area (TPSA) is 97.4 Å². The van der Waals surface area contributed by atoms with Crippen molar-refractivity contribution in [2.45, 2.75) is 176 Å². The summed E-state index contributed by atoms with van der Waals surface area (Å²) in [6, 6.07) is 0. The third-order valence-electron chi connectivity index (χ3n) is 13.1. The Morgan fingerprint density at radius 2 is 1.62 bits per heavy atom. The predicted molar refractivity (Wildman–Crippen MR) is 184 cm³/mol. The van der Waals surface area contributed by atoms with E-state index in [1.807, 2.05) is 48.5 Å². The fraction of sp³-hybridized carbons (Fsp3) is 0.875. The van der Waals surface area contributed by atoms with Crippen molar-refractivity contribution < 1.29 is 38.1 Å². The van der Waals surface area contributed by atoms with Crippen LogP contribution in [-0.4, -0.2) is 53.7 Å². The van der Waals surface area contributed by atoms with E-state index in [9.17, 15) is 14.4 Å². The molecule has 0 bridgehead atoms. The second-order valence-electron chi connectivity index (χ2n) is 17.9. The van der Waals surface area contributed by atoms with Crippen molar-refractivity contribution in [3.05, 3.63) is 12.2 Å². The van der Waals surface area contributed by atoms with Gasteiger partial charge in [0.25, 0.3) is 0 Å². The Balaban J connectivity index is 1.37. The third kappa shape index (κ3) is 7.85. The molecule has 4 saturated carbocycles. The molecule has 1 heterocycles. The van der Waals surface area contributed by atoms with Crippen LogP contribution in [0.4, 0.5) is 0 Å². The Bertz CT molecular complexity index is 1220. The number of esters is 3. The van der Waals surface area contributed by atoms with Gasteiger partial charge in [0, 0.05) is 18.8 Å².